The number of nitrogens with one attached hydrogen (secondary N) is 1. The van der Waals surface area contributed by atoms with E-state index in [1.54, 1.807) is 23.7 Å². The zero-order valence-electron chi connectivity index (χ0n) is 12.4. The van der Waals surface area contributed by atoms with Crippen molar-refractivity contribution in [2.75, 3.05) is 4.72 Å². The van der Waals surface area contributed by atoms with E-state index in [-0.39, 0.29) is 16.1 Å². The fourth-order valence-electron chi connectivity index (χ4n) is 2.34. The number of nitrogens with zero attached hydrogens (tertiary/aromatic N) is 2. The van der Waals surface area contributed by atoms with Gasteiger partial charge in [-0.1, -0.05) is 15.9 Å². The number of halogens is 1. The molecule has 7 nitrogen and oxygen atoms in total. The summed E-state index contributed by atoms with van der Waals surface area (Å²) in [5.74, 6) is -1.16. The van der Waals surface area contributed by atoms with Crippen molar-refractivity contribution in [2.24, 2.45) is 7.05 Å². The summed E-state index contributed by atoms with van der Waals surface area (Å²) in [5, 5.41) is 9.37. The molecule has 3 rings (SSSR count). The van der Waals surface area contributed by atoms with Crippen LogP contribution >= 0.6 is 15.9 Å². The number of fused-ring (bicyclic) bond motifs is 1. The summed E-state index contributed by atoms with van der Waals surface area (Å²) in [5.41, 5.74) is 0.933. The molecular weight excluding hydrogens is 398 g/mol. The molecule has 2 N–H and O–H groups in total. The van der Waals surface area contributed by atoms with Crippen molar-refractivity contribution in [1.29, 1.82) is 0 Å². The smallest absolute Gasteiger partial charge is 0.337 e. The Kier molecular flexibility index (Phi) is 4.06. The van der Waals surface area contributed by atoms with Crippen LogP contribution in [0.3, 0.4) is 0 Å². The van der Waals surface area contributed by atoms with E-state index >= 15 is 0 Å². The van der Waals surface area contributed by atoms with Crippen LogP contribution in [0.25, 0.3) is 11.0 Å². The monoisotopic (exact) mass is 409 g/mol. The van der Waals surface area contributed by atoms with Crippen molar-refractivity contribution >= 4 is 48.6 Å². The van der Waals surface area contributed by atoms with Crippen LogP contribution in [0.15, 0.2) is 52.1 Å². The number of hydrogen-bond acceptors (Lipinski definition) is 4. The summed E-state index contributed by atoms with van der Waals surface area (Å²) in [4.78, 5) is 15.6. The van der Waals surface area contributed by atoms with Gasteiger partial charge in [-0.2, -0.15) is 0 Å². The zero-order valence-corrected chi connectivity index (χ0v) is 14.8. The standard InChI is InChI=1S/C15H12BrN3O4S/c1-19-8-17-13-7-10(6-12(14(13)19)15(20)21)18-24(22,23)11-4-2-9(16)3-5-11/h2-8,18H,1H3,(H,20,21). The average molecular weight is 410 g/mol. The lowest BCUT2D eigenvalue weighted by Gasteiger charge is -2.10. The third kappa shape index (κ3) is 3.00. The highest BCUT2D eigenvalue weighted by atomic mass is 79.9. The van der Waals surface area contributed by atoms with Crippen LogP contribution in [0.2, 0.25) is 0 Å². The van der Waals surface area contributed by atoms with Gasteiger partial charge in [0.2, 0.25) is 0 Å². The van der Waals surface area contributed by atoms with Crippen LogP contribution in [0.5, 0.6) is 0 Å². The van der Waals surface area contributed by atoms with Crippen molar-refractivity contribution in [3.8, 4) is 0 Å². The predicted octanol–water partition coefficient (Wildman–Crippen LogP) is 2.83. The van der Waals surface area contributed by atoms with E-state index < -0.39 is 16.0 Å². The molecule has 9 heteroatoms. The molecule has 0 bridgehead atoms. The lowest BCUT2D eigenvalue weighted by atomic mass is 10.1. The molecule has 0 atom stereocenters. The highest BCUT2D eigenvalue weighted by molar-refractivity contribution is 9.10. The second kappa shape index (κ2) is 5.91. The number of aromatic nitrogens is 2. The summed E-state index contributed by atoms with van der Waals surface area (Å²) in [6.45, 7) is 0. The third-order valence-corrected chi connectivity index (χ3v) is 5.34. The van der Waals surface area contributed by atoms with Crippen LogP contribution in [-0.4, -0.2) is 29.0 Å². The molecule has 0 saturated heterocycles. The first-order valence-corrected chi connectivity index (χ1v) is 9.02. The van der Waals surface area contributed by atoms with Gasteiger partial charge in [0.25, 0.3) is 10.0 Å². The predicted molar refractivity (Wildman–Crippen MR) is 92.6 cm³/mol. The first-order valence-electron chi connectivity index (χ1n) is 6.75. The molecule has 0 aliphatic heterocycles. The van der Waals surface area contributed by atoms with Crippen LogP contribution < -0.4 is 4.72 Å². The molecule has 24 heavy (non-hydrogen) atoms. The number of anilines is 1. The Morgan fingerprint density at radius 3 is 2.54 bits per heavy atom. The van der Waals surface area contributed by atoms with E-state index in [4.69, 9.17) is 0 Å². The molecule has 124 valence electrons. The van der Waals surface area contributed by atoms with Gasteiger partial charge >= 0.3 is 5.97 Å². The fourth-order valence-corrected chi connectivity index (χ4v) is 3.65. The first kappa shape index (κ1) is 16.5. The van der Waals surface area contributed by atoms with Crippen molar-refractivity contribution in [3.05, 3.63) is 52.8 Å². The number of sulfonamides is 1. The Hall–Kier alpha value is -2.39. The van der Waals surface area contributed by atoms with Gasteiger partial charge in [-0.3, -0.25) is 4.72 Å². The number of hydrogen-bond donors (Lipinski definition) is 2. The van der Waals surface area contributed by atoms with E-state index in [0.29, 0.717) is 11.0 Å². The number of aromatic carboxylic acids is 1. The Balaban J connectivity index is 2.07. The highest BCUT2D eigenvalue weighted by Crippen LogP contribution is 2.25. The highest BCUT2D eigenvalue weighted by Gasteiger charge is 2.18. The summed E-state index contributed by atoms with van der Waals surface area (Å²) in [6.07, 6.45) is 1.48. The number of benzene rings is 2. The van der Waals surface area contributed by atoms with E-state index in [1.807, 2.05) is 0 Å². The topological polar surface area (TPSA) is 101 Å². The van der Waals surface area contributed by atoms with Gasteiger partial charge in [0.1, 0.15) is 0 Å². The van der Waals surface area contributed by atoms with Gasteiger partial charge < -0.3 is 9.67 Å². The fraction of sp³-hybridized carbons (Fsp3) is 0.0667. The van der Waals surface area contributed by atoms with Crippen molar-refractivity contribution in [1.82, 2.24) is 9.55 Å². The lowest BCUT2D eigenvalue weighted by Crippen LogP contribution is -2.13. The SMILES string of the molecule is Cn1cnc2cc(NS(=O)(=O)c3ccc(Br)cc3)cc(C(=O)O)c21. The second-order valence-electron chi connectivity index (χ2n) is 5.11. The van der Waals surface area contributed by atoms with E-state index in [2.05, 4.69) is 25.6 Å². The van der Waals surface area contributed by atoms with Gasteiger partial charge in [0.05, 0.1) is 33.5 Å². The van der Waals surface area contributed by atoms with Crippen molar-refractivity contribution < 1.29 is 18.3 Å². The Labute approximate surface area is 146 Å². The number of carboxylic acid groups (broad SMARTS) is 1. The molecule has 1 heterocycles. The second-order valence-corrected chi connectivity index (χ2v) is 7.71. The van der Waals surface area contributed by atoms with E-state index in [0.717, 1.165) is 4.47 Å². The van der Waals surface area contributed by atoms with E-state index in [9.17, 15) is 18.3 Å². The molecule has 0 amide bonds. The molecular formula is C15H12BrN3O4S. The van der Waals surface area contributed by atoms with Crippen LogP contribution in [0, 0.1) is 0 Å². The molecule has 0 radical (unpaired) electrons. The van der Waals surface area contributed by atoms with Crippen molar-refractivity contribution in [3.63, 3.8) is 0 Å². The molecule has 0 saturated carbocycles. The summed E-state index contributed by atoms with van der Waals surface area (Å²) >= 11 is 3.24. The maximum absolute atomic E-state index is 12.4. The third-order valence-electron chi connectivity index (χ3n) is 3.42. The Morgan fingerprint density at radius 2 is 1.92 bits per heavy atom. The van der Waals surface area contributed by atoms with E-state index in [1.165, 1.54) is 30.6 Å². The minimum atomic E-state index is -3.83. The first-order chi connectivity index (χ1) is 11.3. The normalized spacial score (nSPS) is 11.6. The van der Waals surface area contributed by atoms with Crippen LogP contribution in [0.4, 0.5) is 5.69 Å². The average Bonchev–Trinajstić information content (AvgIpc) is 2.87. The Morgan fingerprint density at radius 1 is 1.25 bits per heavy atom. The van der Waals surface area contributed by atoms with Crippen LogP contribution in [0.1, 0.15) is 10.4 Å². The largest absolute Gasteiger partial charge is 0.478 e. The number of carboxylic acids is 1. The molecule has 3 aromatic rings. The Bertz CT molecular complexity index is 1040. The summed E-state index contributed by atoms with van der Waals surface area (Å²) < 4.78 is 29.6. The van der Waals surface area contributed by atoms with Gasteiger partial charge in [0.15, 0.2) is 0 Å². The quantitative estimate of drug-likeness (QED) is 0.689. The minimum Gasteiger partial charge on any atom is -0.478 e. The minimum absolute atomic E-state index is 0.0268. The van der Waals surface area contributed by atoms with Gasteiger partial charge in [0, 0.05) is 11.5 Å². The maximum Gasteiger partial charge on any atom is 0.337 e. The molecule has 0 aliphatic carbocycles. The summed E-state index contributed by atoms with van der Waals surface area (Å²) in [6, 6.07) is 8.90. The van der Waals surface area contributed by atoms with Gasteiger partial charge in [-0.15, -0.1) is 0 Å². The molecule has 1 aromatic heterocycles. The maximum atomic E-state index is 12.4. The van der Waals surface area contributed by atoms with Crippen LogP contribution in [-0.2, 0) is 17.1 Å². The molecule has 2 aromatic carbocycles. The number of carbonyl (C=O) groups is 1. The van der Waals surface area contributed by atoms with Gasteiger partial charge in [-0.05, 0) is 36.4 Å². The molecule has 0 fully saturated rings. The van der Waals surface area contributed by atoms with Crippen molar-refractivity contribution in [2.45, 2.75) is 4.90 Å². The molecule has 0 unspecified atom stereocenters. The molecule has 0 spiro atoms. The zero-order chi connectivity index (χ0) is 17.5. The number of aryl methyl sites for hydroxylation is 1. The summed E-state index contributed by atoms with van der Waals surface area (Å²) in [7, 11) is -2.16. The number of imidazole rings is 1. The molecule has 0 aliphatic rings. The lowest BCUT2D eigenvalue weighted by molar-refractivity contribution is 0.0698. The number of rotatable bonds is 4. The van der Waals surface area contributed by atoms with Gasteiger partial charge in [-0.25, -0.2) is 18.2 Å².